The second kappa shape index (κ2) is 8.43. The first-order chi connectivity index (χ1) is 14.1. The Balaban J connectivity index is 1.38. The van der Waals surface area contributed by atoms with Gasteiger partial charge in [0.15, 0.2) is 0 Å². The number of aromatic nitrogens is 3. The summed E-state index contributed by atoms with van der Waals surface area (Å²) in [5.74, 6) is 1.55. The van der Waals surface area contributed by atoms with Gasteiger partial charge in [-0.05, 0) is 49.9 Å². The van der Waals surface area contributed by atoms with Crippen LogP contribution in [0.5, 0.6) is 0 Å². The molecule has 1 fully saturated rings. The molecular formula is C22H26N6O. The van der Waals surface area contributed by atoms with E-state index < -0.39 is 0 Å². The lowest BCUT2D eigenvalue weighted by molar-refractivity contribution is 0.0926. The van der Waals surface area contributed by atoms with Gasteiger partial charge in [-0.2, -0.15) is 4.98 Å². The number of anilines is 2. The van der Waals surface area contributed by atoms with E-state index >= 15 is 0 Å². The summed E-state index contributed by atoms with van der Waals surface area (Å²) in [6.07, 6.45) is 7.08. The highest BCUT2D eigenvalue weighted by Crippen LogP contribution is 2.26. The van der Waals surface area contributed by atoms with Crippen LogP contribution in [0, 0.1) is 0 Å². The fourth-order valence-corrected chi connectivity index (χ4v) is 3.80. The third-order valence-corrected chi connectivity index (χ3v) is 5.34. The zero-order chi connectivity index (χ0) is 20.2. The predicted molar refractivity (Wildman–Crippen MR) is 115 cm³/mol. The van der Waals surface area contributed by atoms with Gasteiger partial charge in [-0.15, -0.1) is 0 Å². The molecule has 2 heterocycles. The van der Waals surface area contributed by atoms with Gasteiger partial charge in [0.25, 0.3) is 5.91 Å². The standard InChI is InChI=1S/C22H26N6O/c1-28(2)20-18-5-3-4-6-19(18)26-22(27-20)25-17-9-7-16(8-10-17)24-21(29)15-11-13-23-14-12-15/h3-6,11-14,16-17H,7-10H2,1-2H3,(H,24,29)(H,25,26,27). The van der Waals surface area contributed by atoms with Crippen molar-refractivity contribution >= 4 is 28.6 Å². The molecule has 0 saturated heterocycles. The number of fused-ring (bicyclic) bond motifs is 1. The normalized spacial score (nSPS) is 19.0. The Morgan fingerprint density at radius 1 is 0.966 bits per heavy atom. The number of benzene rings is 1. The highest BCUT2D eigenvalue weighted by Gasteiger charge is 2.23. The number of para-hydroxylation sites is 1. The molecular weight excluding hydrogens is 364 g/mol. The third kappa shape index (κ3) is 4.45. The quantitative estimate of drug-likeness (QED) is 0.696. The highest BCUT2D eigenvalue weighted by molar-refractivity contribution is 5.94. The number of carbonyl (C=O) groups excluding carboxylic acids is 1. The molecule has 0 bridgehead atoms. The van der Waals surface area contributed by atoms with Crippen molar-refractivity contribution in [3.05, 3.63) is 54.4 Å². The van der Waals surface area contributed by atoms with Crippen molar-refractivity contribution in [2.45, 2.75) is 37.8 Å². The first kappa shape index (κ1) is 19.1. The van der Waals surface area contributed by atoms with Gasteiger partial charge in [0, 0.05) is 49.5 Å². The molecule has 0 radical (unpaired) electrons. The number of amides is 1. The summed E-state index contributed by atoms with van der Waals surface area (Å²) in [6, 6.07) is 12.0. The van der Waals surface area contributed by atoms with E-state index in [0.29, 0.717) is 17.6 Å². The van der Waals surface area contributed by atoms with Gasteiger partial charge in [0.1, 0.15) is 5.82 Å². The number of nitrogens with zero attached hydrogens (tertiary/aromatic N) is 4. The van der Waals surface area contributed by atoms with Crippen LogP contribution in [0.2, 0.25) is 0 Å². The third-order valence-electron chi connectivity index (χ3n) is 5.34. The van der Waals surface area contributed by atoms with Crippen molar-refractivity contribution in [3.63, 3.8) is 0 Å². The van der Waals surface area contributed by atoms with Gasteiger partial charge in [0.2, 0.25) is 5.95 Å². The maximum Gasteiger partial charge on any atom is 0.251 e. The minimum Gasteiger partial charge on any atom is -0.362 e. The molecule has 1 aliphatic rings. The van der Waals surface area contributed by atoms with Crippen molar-refractivity contribution in [3.8, 4) is 0 Å². The molecule has 0 spiro atoms. The second-order valence-corrected chi connectivity index (χ2v) is 7.68. The molecule has 1 aliphatic carbocycles. The fraction of sp³-hybridized carbons (Fsp3) is 0.364. The molecule has 2 aromatic heterocycles. The van der Waals surface area contributed by atoms with E-state index in [4.69, 9.17) is 9.97 Å². The molecule has 0 unspecified atom stereocenters. The van der Waals surface area contributed by atoms with Crippen LogP contribution in [0.3, 0.4) is 0 Å². The second-order valence-electron chi connectivity index (χ2n) is 7.68. The van der Waals surface area contributed by atoms with E-state index in [1.165, 1.54) is 0 Å². The number of pyridine rings is 1. The molecule has 0 aliphatic heterocycles. The smallest absolute Gasteiger partial charge is 0.251 e. The van der Waals surface area contributed by atoms with Crippen molar-refractivity contribution in [2.75, 3.05) is 24.3 Å². The largest absolute Gasteiger partial charge is 0.362 e. The Morgan fingerprint density at radius 3 is 2.38 bits per heavy atom. The Morgan fingerprint density at radius 2 is 1.66 bits per heavy atom. The Kier molecular flexibility index (Phi) is 5.55. The zero-order valence-electron chi connectivity index (χ0n) is 16.8. The number of rotatable bonds is 5. The van der Waals surface area contributed by atoms with Gasteiger partial charge in [-0.3, -0.25) is 9.78 Å². The summed E-state index contributed by atoms with van der Waals surface area (Å²) >= 11 is 0. The first-order valence-corrected chi connectivity index (χ1v) is 10.0. The van der Waals surface area contributed by atoms with E-state index in [2.05, 4.69) is 15.6 Å². The molecule has 7 heteroatoms. The van der Waals surface area contributed by atoms with Crippen LogP contribution in [-0.4, -0.2) is 47.0 Å². The highest BCUT2D eigenvalue weighted by atomic mass is 16.1. The van der Waals surface area contributed by atoms with Crippen LogP contribution in [0.25, 0.3) is 10.9 Å². The summed E-state index contributed by atoms with van der Waals surface area (Å²) in [4.78, 5) is 27.7. The minimum absolute atomic E-state index is 0.0303. The molecule has 7 nitrogen and oxygen atoms in total. The Bertz CT molecular complexity index is 983. The summed E-state index contributed by atoms with van der Waals surface area (Å²) in [7, 11) is 3.99. The SMILES string of the molecule is CN(C)c1nc(NC2CCC(NC(=O)c3ccncc3)CC2)nc2ccccc12. The number of hydrogen-bond donors (Lipinski definition) is 2. The number of hydrogen-bond acceptors (Lipinski definition) is 6. The monoisotopic (exact) mass is 390 g/mol. The average molecular weight is 390 g/mol. The summed E-state index contributed by atoms with van der Waals surface area (Å²) in [5, 5.41) is 7.69. The van der Waals surface area contributed by atoms with Crippen LogP contribution in [-0.2, 0) is 0 Å². The van der Waals surface area contributed by atoms with Crippen LogP contribution >= 0.6 is 0 Å². The number of nitrogens with one attached hydrogen (secondary N) is 2. The van der Waals surface area contributed by atoms with E-state index in [1.54, 1.807) is 24.5 Å². The summed E-state index contributed by atoms with van der Waals surface area (Å²) < 4.78 is 0. The molecule has 1 aromatic carbocycles. The van der Waals surface area contributed by atoms with E-state index in [9.17, 15) is 4.79 Å². The maximum atomic E-state index is 12.3. The Hall–Kier alpha value is -3.22. The van der Waals surface area contributed by atoms with Gasteiger partial charge in [0.05, 0.1) is 5.52 Å². The van der Waals surface area contributed by atoms with E-state index in [-0.39, 0.29) is 11.9 Å². The number of carbonyl (C=O) groups is 1. The molecule has 1 amide bonds. The van der Waals surface area contributed by atoms with Gasteiger partial charge in [-0.25, -0.2) is 4.98 Å². The van der Waals surface area contributed by atoms with Crippen LogP contribution in [0.4, 0.5) is 11.8 Å². The van der Waals surface area contributed by atoms with Crippen molar-refractivity contribution in [2.24, 2.45) is 0 Å². The molecule has 4 rings (SSSR count). The fourth-order valence-electron chi connectivity index (χ4n) is 3.80. The van der Waals surface area contributed by atoms with E-state index in [0.717, 1.165) is 42.4 Å². The zero-order valence-corrected chi connectivity index (χ0v) is 16.8. The van der Waals surface area contributed by atoms with E-state index in [1.807, 2.05) is 43.3 Å². The van der Waals surface area contributed by atoms with Crippen molar-refractivity contribution in [1.29, 1.82) is 0 Å². The Labute approximate surface area is 170 Å². The maximum absolute atomic E-state index is 12.3. The van der Waals surface area contributed by atoms with Crippen LogP contribution in [0.15, 0.2) is 48.8 Å². The lowest BCUT2D eigenvalue weighted by Gasteiger charge is -2.30. The average Bonchev–Trinajstić information content (AvgIpc) is 2.75. The minimum atomic E-state index is -0.0303. The van der Waals surface area contributed by atoms with Gasteiger partial charge < -0.3 is 15.5 Å². The van der Waals surface area contributed by atoms with Crippen LogP contribution in [0.1, 0.15) is 36.0 Å². The molecule has 29 heavy (non-hydrogen) atoms. The molecule has 3 aromatic rings. The molecule has 0 atom stereocenters. The summed E-state index contributed by atoms with van der Waals surface area (Å²) in [5.41, 5.74) is 1.59. The van der Waals surface area contributed by atoms with Crippen molar-refractivity contribution < 1.29 is 4.79 Å². The van der Waals surface area contributed by atoms with Crippen molar-refractivity contribution in [1.82, 2.24) is 20.3 Å². The van der Waals surface area contributed by atoms with Gasteiger partial charge >= 0.3 is 0 Å². The van der Waals surface area contributed by atoms with Gasteiger partial charge in [-0.1, -0.05) is 12.1 Å². The lowest BCUT2D eigenvalue weighted by Crippen LogP contribution is -2.40. The van der Waals surface area contributed by atoms with Crippen LogP contribution < -0.4 is 15.5 Å². The molecule has 2 N–H and O–H groups in total. The first-order valence-electron chi connectivity index (χ1n) is 10.0. The molecule has 1 saturated carbocycles. The summed E-state index contributed by atoms with van der Waals surface area (Å²) in [6.45, 7) is 0. The predicted octanol–water partition coefficient (Wildman–Crippen LogP) is 3.24. The lowest BCUT2D eigenvalue weighted by atomic mass is 9.91. The molecule has 150 valence electrons. The topological polar surface area (TPSA) is 83.0 Å².